The lowest BCUT2D eigenvalue weighted by Crippen LogP contribution is -2.44. The van der Waals surface area contributed by atoms with Crippen molar-refractivity contribution in [2.45, 2.75) is 64.1 Å². The molecule has 1 aliphatic heterocycles. The molecule has 188 valence electrons. The fourth-order valence-corrected chi connectivity index (χ4v) is 6.32. The SMILES string of the molecule is CC1(C)O[C@@H]2[C@@](C)(CCc3cc(F)c4cc(Cl)c(N)nc4c3)CC[C@@]2(n2ccc3c(Cl)ncnc32)O1. The predicted molar refractivity (Wildman–Crippen MR) is 137 cm³/mol. The van der Waals surface area contributed by atoms with Crippen LogP contribution in [0.3, 0.4) is 0 Å². The average Bonchev–Trinajstić information content (AvgIpc) is 3.45. The molecule has 2 aliphatic rings. The van der Waals surface area contributed by atoms with Gasteiger partial charge in [-0.05, 0) is 74.8 Å². The van der Waals surface area contributed by atoms with Crippen LogP contribution in [0.1, 0.15) is 45.6 Å². The third-order valence-corrected chi connectivity index (χ3v) is 8.27. The number of halogens is 3. The maximum Gasteiger partial charge on any atom is 0.176 e. The van der Waals surface area contributed by atoms with E-state index in [1.165, 1.54) is 12.4 Å². The van der Waals surface area contributed by atoms with E-state index in [0.29, 0.717) is 28.1 Å². The van der Waals surface area contributed by atoms with E-state index in [1.807, 2.05) is 36.7 Å². The highest BCUT2D eigenvalue weighted by molar-refractivity contribution is 6.34. The van der Waals surface area contributed by atoms with Crippen molar-refractivity contribution in [3.63, 3.8) is 0 Å². The summed E-state index contributed by atoms with van der Waals surface area (Å²) >= 11 is 12.4. The predicted octanol–water partition coefficient (Wildman–Crippen LogP) is 6.24. The third kappa shape index (κ3) is 3.57. The molecule has 36 heavy (non-hydrogen) atoms. The van der Waals surface area contributed by atoms with Crippen molar-refractivity contribution in [3.8, 4) is 0 Å². The van der Waals surface area contributed by atoms with Crippen LogP contribution in [0.2, 0.25) is 10.2 Å². The zero-order valence-electron chi connectivity index (χ0n) is 20.2. The maximum absolute atomic E-state index is 14.9. The van der Waals surface area contributed by atoms with Crippen molar-refractivity contribution in [2.24, 2.45) is 5.41 Å². The number of anilines is 1. The lowest BCUT2D eigenvalue weighted by molar-refractivity contribution is -0.189. The van der Waals surface area contributed by atoms with E-state index in [1.54, 1.807) is 6.07 Å². The second-order valence-electron chi connectivity index (χ2n) is 10.6. The summed E-state index contributed by atoms with van der Waals surface area (Å²) in [7, 11) is 0. The smallest absolute Gasteiger partial charge is 0.176 e. The molecule has 0 bridgehead atoms. The highest BCUT2D eigenvalue weighted by Gasteiger charge is 2.65. The van der Waals surface area contributed by atoms with Crippen LogP contribution in [-0.4, -0.2) is 31.4 Å². The van der Waals surface area contributed by atoms with Gasteiger partial charge in [0.1, 0.15) is 34.9 Å². The van der Waals surface area contributed by atoms with Crippen molar-refractivity contribution in [1.82, 2.24) is 19.5 Å². The van der Waals surface area contributed by atoms with Gasteiger partial charge < -0.3 is 19.8 Å². The number of nitrogens with zero attached hydrogens (tertiary/aromatic N) is 4. The Morgan fingerprint density at radius 2 is 1.94 bits per heavy atom. The Labute approximate surface area is 217 Å². The number of aryl methyl sites for hydroxylation is 1. The Bertz CT molecular complexity index is 1530. The van der Waals surface area contributed by atoms with Crippen LogP contribution in [-0.2, 0) is 21.6 Å². The molecule has 3 atom stereocenters. The number of hydrogen-bond acceptors (Lipinski definition) is 6. The van der Waals surface area contributed by atoms with Crippen molar-refractivity contribution in [2.75, 3.05) is 5.73 Å². The maximum atomic E-state index is 14.9. The first kappa shape index (κ1) is 23.9. The molecule has 0 spiro atoms. The molecule has 4 heterocycles. The first-order valence-corrected chi connectivity index (χ1v) is 12.7. The minimum absolute atomic E-state index is 0.190. The molecule has 6 rings (SSSR count). The van der Waals surface area contributed by atoms with Gasteiger partial charge in [-0.3, -0.25) is 0 Å². The van der Waals surface area contributed by atoms with E-state index in [9.17, 15) is 4.39 Å². The summed E-state index contributed by atoms with van der Waals surface area (Å²) < 4.78 is 30.1. The van der Waals surface area contributed by atoms with Crippen LogP contribution in [0.4, 0.5) is 10.2 Å². The van der Waals surface area contributed by atoms with Crippen molar-refractivity contribution in [3.05, 3.63) is 58.3 Å². The third-order valence-electron chi connectivity index (χ3n) is 7.67. The number of benzene rings is 1. The second-order valence-corrected chi connectivity index (χ2v) is 11.4. The van der Waals surface area contributed by atoms with Crippen molar-refractivity contribution >= 4 is 51.0 Å². The molecule has 1 aliphatic carbocycles. The fourth-order valence-electron chi connectivity index (χ4n) is 5.97. The fraction of sp³-hybridized carbons (Fsp3) is 0.423. The van der Waals surface area contributed by atoms with Gasteiger partial charge in [0, 0.05) is 11.6 Å². The number of hydrogen-bond donors (Lipinski definition) is 1. The molecular weight excluding hydrogens is 504 g/mol. The first-order valence-electron chi connectivity index (χ1n) is 11.9. The summed E-state index contributed by atoms with van der Waals surface area (Å²) in [5.74, 6) is -0.954. The molecular formula is C26H26Cl2FN5O2. The Kier molecular flexibility index (Phi) is 5.29. The minimum atomic E-state index is -0.782. The number of nitrogens with two attached hydrogens (primary N) is 1. The minimum Gasteiger partial charge on any atom is -0.382 e. The number of pyridine rings is 1. The Hall–Kier alpha value is -2.52. The zero-order chi connectivity index (χ0) is 25.5. The van der Waals surface area contributed by atoms with E-state index < -0.39 is 11.5 Å². The number of nitrogen functional groups attached to an aromatic ring is 1. The molecule has 1 saturated heterocycles. The van der Waals surface area contributed by atoms with E-state index in [-0.39, 0.29) is 28.2 Å². The number of aromatic nitrogens is 4. The van der Waals surface area contributed by atoms with E-state index in [2.05, 4.69) is 21.9 Å². The van der Waals surface area contributed by atoms with Gasteiger partial charge in [-0.15, -0.1) is 0 Å². The summed E-state index contributed by atoms with van der Waals surface area (Å²) in [6.07, 6.45) is 6.18. The van der Waals surface area contributed by atoms with Crippen molar-refractivity contribution in [1.29, 1.82) is 0 Å². The Morgan fingerprint density at radius 1 is 1.14 bits per heavy atom. The zero-order valence-corrected chi connectivity index (χ0v) is 21.7. The molecule has 7 nitrogen and oxygen atoms in total. The van der Waals surface area contributed by atoms with Gasteiger partial charge in [-0.25, -0.2) is 19.3 Å². The molecule has 0 radical (unpaired) electrons. The quantitative estimate of drug-likeness (QED) is 0.314. The van der Waals surface area contributed by atoms with Crippen LogP contribution >= 0.6 is 23.2 Å². The standard InChI is InChI=1S/C26H26Cl2FN5O2/c1-24(2)35-23-25(3,6-4-14-10-18(29)16-12-17(27)21(30)33-19(16)11-14)7-8-26(23,36-24)34-9-5-15-20(28)31-13-32-22(15)34/h5,9-13,23H,4,6-8H2,1-3H3,(H2,30,33)/t23-,25+,26-/m1/s1. The summed E-state index contributed by atoms with van der Waals surface area (Å²) in [4.78, 5) is 12.9. The van der Waals surface area contributed by atoms with Crippen LogP contribution in [0, 0.1) is 11.2 Å². The normalized spacial score (nSPS) is 27.2. The second kappa shape index (κ2) is 7.99. The van der Waals surface area contributed by atoms with Gasteiger partial charge >= 0.3 is 0 Å². The topological polar surface area (TPSA) is 88.1 Å². The summed E-state index contributed by atoms with van der Waals surface area (Å²) in [5, 5.41) is 1.78. The van der Waals surface area contributed by atoms with Gasteiger partial charge in [0.2, 0.25) is 0 Å². The lowest BCUT2D eigenvalue weighted by atomic mass is 9.79. The molecule has 3 aromatic heterocycles. The molecule has 1 aromatic carbocycles. The average molecular weight is 530 g/mol. The summed E-state index contributed by atoms with van der Waals surface area (Å²) in [6.45, 7) is 6.08. The van der Waals surface area contributed by atoms with Gasteiger partial charge in [0.15, 0.2) is 11.5 Å². The van der Waals surface area contributed by atoms with Gasteiger partial charge in [0.25, 0.3) is 0 Å². The number of fused-ring (bicyclic) bond motifs is 3. The van der Waals surface area contributed by atoms with Crippen LogP contribution in [0.15, 0.2) is 36.8 Å². The van der Waals surface area contributed by atoms with Crippen LogP contribution in [0.25, 0.3) is 21.9 Å². The van der Waals surface area contributed by atoms with Gasteiger partial charge in [-0.2, -0.15) is 0 Å². The molecule has 2 fully saturated rings. The molecule has 10 heteroatoms. The van der Waals surface area contributed by atoms with Crippen molar-refractivity contribution < 1.29 is 13.9 Å². The first-order chi connectivity index (χ1) is 17.0. The summed E-state index contributed by atoms with van der Waals surface area (Å²) in [5.41, 5.74) is 6.94. The molecule has 4 aromatic rings. The highest BCUT2D eigenvalue weighted by Crippen LogP contribution is 2.59. The largest absolute Gasteiger partial charge is 0.382 e. The number of rotatable bonds is 4. The van der Waals surface area contributed by atoms with Gasteiger partial charge in [-0.1, -0.05) is 30.1 Å². The van der Waals surface area contributed by atoms with Gasteiger partial charge in [0.05, 0.1) is 15.9 Å². The van der Waals surface area contributed by atoms with E-state index in [0.717, 1.165) is 30.2 Å². The monoisotopic (exact) mass is 529 g/mol. The number of ether oxygens (including phenoxy) is 2. The van der Waals surface area contributed by atoms with Crippen LogP contribution in [0.5, 0.6) is 0 Å². The highest BCUT2D eigenvalue weighted by atomic mass is 35.5. The Balaban J connectivity index is 1.34. The lowest BCUT2D eigenvalue weighted by Gasteiger charge is -2.35. The van der Waals surface area contributed by atoms with E-state index in [4.69, 9.17) is 38.4 Å². The molecule has 1 saturated carbocycles. The molecule has 0 amide bonds. The van der Waals surface area contributed by atoms with Crippen LogP contribution < -0.4 is 5.73 Å². The summed E-state index contributed by atoms with van der Waals surface area (Å²) in [6, 6.07) is 6.87. The van der Waals surface area contributed by atoms with E-state index >= 15 is 0 Å². The molecule has 0 unspecified atom stereocenters. The Morgan fingerprint density at radius 3 is 2.75 bits per heavy atom. The molecule has 2 N–H and O–H groups in total.